The van der Waals surface area contributed by atoms with Crippen LogP contribution >= 0.6 is 0 Å². The van der Waals surface area contributed by atoms with Gasteiger partial charge in [-0.2, -0.15) is 0 Å². The Balaban J connectivity index is 1.15. The van der Waals surface area contributed by atoms with E-state index in [9.17, 15) is 14.7 Å². The molecule has 0 spiro atoms. The second kappa shape index (κ2) is 10.4. The van der Waals surface area contributed by atoms with Crippen molar-refractivity contribution in [3.05, 3.63) is 88.7 Å². The molecule has 6 rings (SSSR count). The average molecular weight is 527 g/mol. The van der Waals surface area contributed by atoms with Crippen LogP contribution < -0.4 is 10.9 Å². The van der Waals surface area contributed by atoms with Crippen molar-refractivity contribution in [1.82, 2.24) is 29.3 Å². The van der Waals surface area contributed by atoms with Crippen LogP contribution in [0.25, 0.3) is 16.9 Å². The zero-order valence-corrected chi connectivity index (χ0v) is 22.2. The number of fused-ring (bicyclic) bond motifs is 1. The molecule has 1 aromatic carbocycles. The van der Waals surface area contributed by atoms with Gasteiger partial charge in [-0.1, -0.05) is 36.4 Å². The van der Waals surface area contributed by atoms with Gasteiger partial charge in [0.25, 0.3) is 5.56 Å². The van der Waals surface area contributed by atoms with Crippen molar-refractivity contribution in [2.75, 3.05) is 26.2 Å². The summed E-state index contributed by atoms with van der Waals surface area (Å²) in [5, 5.41) is 15.3. The molecule has 2 aliphatic heterocycles. The van der Waals surface area contributed by atoms with Gasteiger partial charge < -0.3 is 15.3 Å². The van der Waals surface area contributed by atoms with Gasteiger partial charge in [0.05, 0.1) is 17.5 Å². The lowest BCUT2D eigenvalue weighted by molar-refractivity contribution is -0.141. The van der Waals surface area contributed by atoms with Gasteiger partial charge in [0.15, 0.2) is 5.65 Å². The monoisotopic (exact) mass is 526 g/mol. The smallest absolute Gasteiger partial charge is 0.262 e. The number of nitrogens with one attached hydrogen (secondary N) is 1. The Kier molecular flexibility index (Phi) is 6.78. The number of aromatic nitrogens is 4. The SMILES string of the molecule is Cc1cccc(-n2ccc3c(=O)n(CC4(O)CCN(C(=O)[C@@H]5CCNC[C@H]5c5ccccc5)CC4)cnc32)n1. The van der Waals surface area contributed by atoms with Crippen molar-refractivity contribution in [2.24, 2.45) is 5.92 Å². The van der Waals surface area contributed by atoms with Gasteiger partial charge in [0.2, 0.25) is 5.91 Å². The predicted octanol–water partition coefficient (Wildman–Crippen LogP) is 2.64. The summed E-state index contributed by atoms with van der Waals surface area (Å²) in [6, 6.07) is 17.7. The zero-order valence-electron chi connectivity index (χ0n) is 22.2. The fraction of sp³-hybridized carbons (Fsp3) is 0.400. The topological polar surface area (TPSA) is 105 Å². The van der Waals surface area contributed by atoms with Gasteiger partial charge in [-0.25, -0.2) is 9.97 Å². The first kappa shape index (κ1) is 25.5. The number of pyridine rings is 1. The van der Waals surface area contributed by atoms with E-state index in [-0.39, 0.29) is 29.8 Å². The van der Waals surface area contributed by atoms with Crippen LogP contribution in [0.2, 0.25) is 0 Å². The molecule has 0 bridgehead atoms. The first-order valence-electron chi connectivity index (χ1n) is 13.7. The molecule has 2 N–H and O–H groups in total. The second-order valence-corrected chi connectivity index (χ2v) is 10.9. The van der Waals surface area contributed by atoms with Crippen molar-refractivity contribution in [3.8, 4) is 5.82 Å². The van der Waals surface area contributed by atoms with E-state index in [4.69, 9.17) is 0 Å². The van der Waals surface area contributed by atoms with Crippen LogP contribution in [0.4, 0.5) is 0 Å². The Morgan fingerprint density at radius 2 is 1.90 bits per heavy atom. The summed E-state index contributed by atoms with van der Waals surface area (Å²) in [7, 11) is 0. The quantitative estimate of drug-likeness (QED) is 0.414. The Morgan fingerprint density at radius 1 is 1.10 bits per heavy atom. The number of carbonyl (C=O) groups excluding carboxylic acids is 1. The molecular formula is C30H34N6O3. The van der Waals surface area contributed by atoms with E-state index < -0.39 is 5.60 Å². The van der Waals surface area contributed by atoms with Crippen molar-refractivity contribution >= 4 is 16.9 Å². The molecule has 0 radical (unpaired) electrons. The summed E-state index contributed by atoms with van der Waals surface area (Å²) in [5.74, 6) is 0.945. The second-order valence-electron chi connectivity index (χ2n) is 10.9. The number of benzene rings is 1. The number of likely N-dealkylation sites (tertiary alicyclic amines) is 1. The summed E-state index contributed by atoms with van der Waals surface area (Å²) in [4.78, 5) is 37.9. The molecule has 1 amide bonds. The van der Waals surface area contributed by atoms with Crippen molar-refractivity contribution in [3.63, 3.8) is 0 Å². The third-order valence-electron chi connectivity index (χ3n) is 8.29. The van der Waals surface area contributed by atoms with Gasteiger partial charge in [-0.05, 0) is 56.5 Å². The lowest BCUT2D eigenvalue weighted by Gasteiger charge is -2.41. The van der Waals surface area contributed by atoms with Crippen LogP contribution in [0.3, 0.4) is 0 Å². The molecule has 9 heteroatoms. The molecule has 39 heavy (non-hydrogen) atoms. The van der Waals surface area contributed by atoms with E-state index in [1.807, 2.05) is 48.2 Å². The molecule has 5 heterocycles. The standard InChI is InChI=1S/C30H34N6O3/c1-21-6-5-9-26(33-21)36-15-11-24-27(36)32-20-35(29(24)38)19-30(39)12-16-34(17-13-30)28(37)23-10-14-31-18-25(23)22-7-3-2-4-8-22/h2-9,11,15,20,23,25,31,39H,10,12-14,16-19H2,1H3/t23-,25+/m1/s1. The van der Waals surface area contributed by atoms with E-state index in [2.05, 4.69) is 27.4 Å². The Morgan fingerprint density at radius 3 is 2.67 bits per heavy atom. The molecular weight excluding hydrogens is 492 g/mol. The average Bonchev–Trinajstić information content (AvgIpc) is 3.40. The Labute approximate surface area is 227 Å². The third kappa shape index (κ3) is 4.99. The van der Waals surface area contributed by atoms with Crippen LogP contribution in [0, 0.1) is 12.8 Å². The molecule has 3 aromatic heterocycles. The highest BCUT2D eigenvalue weighted by Gasteiger charge is 2.39. The van der Waals surface area contributed by atoms with Crippen molar-refractivity contribution in [1.29, 1.82) is 0 Å². The fourth-order valence-electron chi connectivity index (χ4n) is 6.07. The number of carbonyl (C=O) groups is 1. The maximum atomic E-state index is 13.6. The van der Waals surface area contributed by atoms with E-state index in [0.717, 1.165) is 25.2 Å². The molecule has 2 saturated heterocycles. The number of amides is 1. The van der Waals surface area contributed by atoms with Crippen molar-refractivity contribution < 1.29 is 9.90 Å². The summed E-state index contributed by atoms with van der Waals surface area (Å²) < 4.78 is 3.29. The molecule has 0 aliphatic carbocycles. The molecule has 9 nitrogen and oxygen atoms in total. The highest BCUT2D eigenvalue weighted by molar-refractivity contribution is 5.80. The minimum atomic E-state index is -1.08. The van der Waals surface area contributed by atoms with Crippen LogP contribution in [-0.2, 0) is 11.3 Å². The van der Waals surface area contributed by atoms with Gasteiger partial charge in [-0.15, -0.1) is 0 Å². The number of hydrogen-bond donors (Lipinski definition) is 2. The first-order valence-corrected chi connectivity index (χ1v) is 13.7. The van der Waals surface area contributed by atoms with E-state index >= 15 is 0 Å². The maximum Gasteiger partial charge on any atom is 0.262 e. The van der Waals surface area contributed by atoms with Gasteiger partial charge in [0.1, 0.15) is 12.1 Å². The number of rotatable bonds is 5. The fourth-order valence-corrected chi connectivity index (χ4v) is 6.07. The summed E-state index contributed by atoms with van der Waals surface area (Å²) >= 11 is 0. The normalized spacial score (nSPS) is 21.2. The van der Waals surface area contributed by atoms with Gasteiger partial charge in [-0.3, -0.25) is 18.7 Å². The highest BCUT2D eigenvalue weighted by atomic mass is 16.3. The Bertz CT molecular complexity index is 1540. The molecule has 202 valence electrons. The molecule has 2 aliphatic rings. The molecule has 4 aromatic rings. The van der Waals surface area contributed by atoms with E-state index in [0.29, 0.717) is 42.8 Å². The van der Waals surface area contributed by atoms with E-state index in [1.54, 1.807) is 16.8 Å². The first-order chi connectivity index (χ1) is 18.9. The van der Waals surface area contributed by atoms with E-state index in [1.165, 1.54) is 16.5 Å². The number of nitrogens with zero attached hydrogens (tertiary/aromatic N) is 5. The zero-order chi connectivity index (χ0) is 27.0. The Hall–Kier alpha value is -3.82. The van der Waals surface area contributed by atoms with Crippen LogP contribution in [0.15, 0.2) is 71.9 Å². The van der Waals surface area contributed by atoms with Crippen LogP contribution in [0.5, 0.6) is 0 Å². The van der Waals surface area contributed by atoms with Crippen LogP contribution in [0.1, 0.15) is 36.4 Å². The summed E-state index contributed by atoms with van der Waals surface area (Å²) in [6.07, 6.45) is 4.94. The number of aryl methyl sites for hydroxylation is 1. The van der Waals surface area contributed by atoms with Gasteiger partial charge in [0, 0.05) is 43.4 Å². The minimum absolute atomic E-state index is 0.0685. The largest absolute Gasteiger partial charge is 0.388 e. The van der Waals surface area contributed by atoms with Gasteiger partial charge >= 0.3 is 0 Å². The molecule has 2 fully saturated rings. The maximum absolute atomic E-state index is 13.6. The predicted molar refractivity (Wildman–Crippen MR) is 149 cm³/mol. The lowest BCUT2D eigenvalue weighted by Crippen LogP contribution is -2.52. The lowest BCUT2D eigenvalue weighted by atomic mass is 9.80. The molecule has 2 atom stereocenters. The van der Waals surface area contributed by atoms with Crippen LogP contribution in [-0.4, -0.2) is 66.8 Å². The minimum Gasteiger partial charge on any atom is -0.388 e. The summed E-state index contributed by atoms with van der Waals surface area (Å²) in [6.45, 7) is 4.63. The molecule has 0 saturated carbocycles. The summed E-state index contributed by atoms with van der Waals surface area (Å²) in [5.41, 5.74) is 1.33. The number of piperidine rings is 2. The number of hydrogen-bond acceptors (Lipinski definition) is 6. The molecule has 0 unspecified atom stereocenters. The third-order valence-corrected chi connectivity index (χ3v) is 8.29. The number of aliphatic hydroxyl groups is 1. The highest BCUT2D eigenvalue weighted by Crippen LogP contribution is 2.33. The van der Waals surface area contributed by atoms with Crippen molar-refractivity contribution in [2.45, 2.75) is 44.2 Å².